The van der Waals surface area contributed by atoms with Crippen molar-refractivity contribution in [2.24, 2.45) is 0 Å². The van der Waals surface area contributed by atoms with Crippen molar-refractivity contribution < 1.29 is 9.90 Å². The van der Waals surface area contributed by atoms with Gasteiger partial charge in [-0.3, -0.25) is 4.79 Å². The fourth-order valence-corrected chi connectivity index (χ4v) is 2.62. The average Bonchev–Trinajstić information content (AvgIpc) is 2.30. The second kappa shape index (κ2) is 14.1. The van der Waals surface area contributed by atoms with Gasteiger partial charge < -0.3 is 5.11 Å². The minimum absolute atomic E-state index is 0.346. The van der Waals surface area contributed by atoms with Gasteiger partial charge in [-0.2, -0.15) is 0 Å². The van der Waals surface area contributed by atoms with E-state index in [1.54, 1.807) is 0 Å². The van der Waals surface area contributed by atoms with Gasteiger partial charge in [0.05, 0.1) is 0 Å². The van der Waals surface area contributed by atoms with Crippen molar-refractivity contribution >= 4 is 22.8 Å². The van der Waals surface area contributed by atoms with Crippen LogP contribution < -0.4 is 0 Å². The van der Waals surface area contributed by atoms with Crippen LogP contribution in [0.25, 0.3) is 0 Å². The van der Waals surface area contributed by atoms with Gasteiger partial charge in [0.25, 0.3) is 0 Å². The van der Waals surface area contributed by atoms with Crippen LogP contribution in [0, 0.1) is 0 Å². The van der Waals surface area contributed by atoms with Gasteiger partial charge in [0, 0.05) is 6.42 Å². The summed E-state index contributed by atoms with van der Waals surface area (Å²) in [6.07, 6.45) is 14.6. The number of hydrogen-bond acceptors (Lipinski definition) is 1. The van der Waals surface area contributed by atoms with Gasteiger partial charge in [-0.25, -0.2) is 0 Å². The molecule has 0 aromatic carbocycles. The van der Waals surface area contributed by atoms with Crippen molar-refractivity contribution in [2.45, 2.75) is 82.3 Å². The molecule has 0 aliphatic carbocycles. The zero-order valence-corrected chi connectivity index (χ0v) is 13.5. The molecule has 0 radical (unpaired) electrons. The zero-order chi connectivity index (χ0) is 12.8. The summed E-state index contributed by atoms with van der Waals surface area (Å²) in [6, 6.07) is 0. The summed E-state index contributed by atoms with van der Waals surface area (Å²) in [4.78, 5) is 10.3. The first kappa shape index (κ1) is 17.0. The molecule has 17 heavy (non-hydrogen) atoms. The van der Waals surface area contributed by atoms with Gasteiger partial charge in [0.2, 0.25) is 0 Å². The number of carboxylic acids is 1. The summed E-state index contributed by atoms with van der Waals surface area (Å²) in [7, 11) is 0. The Morgan fingerprint density at radius 1 is 0.706 bits per heavy atom. The summed E-state index contributed by atoms with van der Waals surface area (Å²) in [5.41, 5.74) is 0. The Labute approximate surface area is 115 Å². The van der Waals surface area contributed by atoms with E-state index in [1.807, 2.05) is 16.9 Å². The molecular formula is C14H29AsO2. The molecule has 0 aliphatic rings. The van der Waals surface area contributed by atoms with E-state index in [0.29, 0.717) is 6.42 Å². The quantitative estimate of drug-likeness (QED) is 0.415. The summed E-state index contributed by atoms with van der Waals surface area (Å²) in [5.74, 6) is -0.654. The van der Waals surface area contributed by atoms with Crippen LogP contribution in [0.15, 0.2) is 0 Å². The molecule has 0 amide bonds. The topological polar surface area (TPSA) is 37.3 Å². The van der Waals surface area contributed by atoms with E-state index >= 15 is 0 Å². The van der Waals surface area contributed by atoms with Gasteiger partial charge in [0.15, 0.2) is 0 Å². The summed E-state index contributed by atoms with van der Waals surface area (Å²) in [6.45, 7) is 0. The molecule has 1 N–H and O–H groups in total. The Morgan fingerprint density at radius 2 is 1.06 bits per heavy atom. The molecule has 102 valence electrons. The molecule has 0 aromatic rings. The molecule has 0 aromatic heterocycles. The molecule has 0 aliphatic heterocycles. The molecule has 0 bridgehead atoms. The van der Waals surface area contributed by atoms with Gasteiger partial charge >= 0.3 is 98.7 Å². The van der Waals surface area contributed by atoms with E-state index in [9.17, 15) is 4.79 Å². The van der Waals surface area contributed by atoms with Crippen molar-refractivity contribution in [1.82, 2.24) is 0 Å². The van der Waals surface area contributed by atoms with Crippen molar-refractivity contribution in [2.75, 3.05) is 0 Å². The van der Waals surface area contributed by atoms with Crippen LogP contribution in [-0.2, 0) is 4.79 Å². The third-order valence-corrected chi connectivity index (χ3v) is 3.95. The molecule has 0 heterocycles. The van der Waals surface area contributed by atoms with E-state index < -0.39 is 5.97 Å². The maximum absolute atomic E-state index is 10.3. The van der Waals surface area contributed by atoms with Crippen LogP contribution in [0.2, 0.25) is 5.21 Å². The molecule has 0 spiro atoms. The van der Waals surface area contributed by atoms with Crippen LogP contribution in [0.3, 0.4) is 0 Å². The Hall–Kier alpha value is 0.0284. The number of hydrogen-bond donors (Lipinski definition) is 1. The van der Waals surface area contributed by atoms with Crippen LogP contribution in [0.4, 0.5) is 0 Å². The standard InChI is InChI=1S/C14H29AsO2/c15-13-11-9-7-5-3-1-2-4-6-8-10-12-14(16)17/h1-13,15H2,(H,16,17). The molecule has 2 nitrogen and oxygen atoms in total. The van der Waals surface area contributed by atoms with Gasteiger partial charge in [-0.1, -0.05) is 0 Å². The minimum atomic E-state index is -0.654. The molecule has 1 atom stereocenters. The maximum atomic E-state index is 10.3. The van der Waals surface area contributed by atoms with Gasteiger partial charge in [-0.15, -0.1) is 0 Å². The van der Waals surface area contributed by atoms with E-state index in [4.69, 9.17) is 5.11 Å². The van der Waals surface area contributed by atoms with Crippen LogP contribution in [0.5, 0.6) is 0 Å². The van der Waals surface area contributed by atoms with Crippen LogP contribution in [-0.4, -0.2) is 27.9 Å². The molecular weight excluding hydrogens is 275 g/mol. The summed E-state index contributed by atoms with van der Waals surface area (Å²) >= 11 is 1.86. The third kappa shape index (κ3) is 16.0. The number of aliphatic carboxylic acids is 1. The average molecular weight is 304 g/mol. The molecule has 0 fully saturated rings. The van der Waals surface area contributed by atoms with Crippen molar-refractivity contribution in [1.29, 1.82) is 0 Å². The molecule has 0 rings (SSSR count). The number of rotatable bonds is 13. The first-order valence-corrected chi connectivity index (χ1v) is 8.90. The first-order chi connectivity index (χ1) is 8.27. The van der Waals surface area contributed by atoms with E-state index in [-0.39, 0.29) is 0 Å². The predicted molar refractivity (Wildman–Crippen MR) is 76.4 cm³/mol. The third-order valence-electron chi connectivity index (χ3n) is 3.09. The Bertz CT molecular complexity index is 172. The predicted octanol–water partition coefficient (Wildman–Crippen LogP) is 3.80. The fraction of sp³-hybridized carbons (Fsp3) is 0.929. The SMILES string of the molecule is O=C(O)CCCCCCCCCCCCC[AsH2]. The van der Waals surface area contributed by atoms with Crippen LogP contribution in [0.1, 0.15) is 77.0 Å². The van der Waals surface area contributed by atoms with Crippen molar-refractivity contribution in [3.8, 4) is 0 Å². The number of unbranched alkanes of at least 4 members (excludes halogenated alkanes) is 10. The van der Waals surface area contributed by atoms with Crippen molar-refractivity contribution in [3.05, 3.63) is 0 Å². The second-order valence-corrected chi connectivity index (χ2v) is 6.03. The molecule has 3 heteroatoms. The zero-order valence-electron chi connectivity index (χ0n) is 11.1. The van der Waals surface area contributed by atoms with Gasteiger partial charge in [-0.05, 0) is 0 Å². The molecule has 0 saturated heterocycles. The fourth-order valence-electron chi connectivity index (χ4n) is 2.01. The van der Waals surface area contributed by atoms with E-state index in [2.05, 4.69) is 0 Å². The number of carbonyl (C=O) groups is 1. The Morgan fingerprint density at radius 3 is 1.41 bits per heavy atom. The second-order valence-electron chi connectivity index (χ2n) is 4.82. The summed E-state index contributed by atoms with van der Waals surface area (Å²) < 4.78 is 0. The monoisotopic (exact) mass is 304 g/mol. The first-order valence-electron chi connectivity index (χ1n) is 7.19. The van der Waals surface area contributed by atoms with E-state index in [1.165, 1.54) is 63.0 Å². The van der Waals surface area contributed by atoms with E-state index in [0.717, 1.165) is 12.8 Å². The summed E-state index contributed by atoms with van der Waals surface area (Å²) in [5, 5.41) is 9.87. The van der Waals surface area contributed by atoms with Crippen molar-refractivity contribution in [3.63, 3.8) is 0 Å². The Kier molecular flexibility index (Phi) is 14.1. The molecule has 1 unspecified atom stereocenters. The Balaban J connectivity index is 2.91. The number of carboxylic acid groups (broad SMARTS) is 1. The molecule has 0 saturated carbocycles. The van der Waals surface area contributed by atoms with Gasteiger partial charge in [0.1, 0.15) is 0 Å². The normalized spacial score (nSPS) is 10.6. The van der Waals surface area contributed by atoms with Crippen LogP contribution >= 0.6 is 0 Å².